The molecule has 1 N–H and O–H groups in total. The van der Waals surface area contributed by atoms with Crippen molar-refractivity contribution < 1.29 is 9.59 Å². The van der Waals surface area contributed by atoms with Crippen molar-refractivity contribution in [3.05, 3.63) is 29.8 Å². The molecule has 140 valence electrons. The van der Waals surface area contributed by atoms with Crippen LogP contribution in [-0.2, 0) is 15.1 Å². The highest BCUT2D eigenvalue weighted by Gasteiger charge is 2.66. The van der Waals surface area contributed by atoms with E-state index in [1.165, 1.54) is 0 Å². The molecule has 3 aliphatic heterocycles. The molecular formula is C21H29N3O2. The summed E-state index contributed by atoms with van der Waals surface area (Å²) in [6.45, 7) is 5.89. The van der Waals surface area contributed by atoms with Gasteiger partial charge >= 0.3 is 0 Å². The van der Waals surface area contributed by atoms with E-state index in [1.54, 1.807) is 4.90 Å². The topological polar surface area (TPSA) is 52.7 Å². The summed E-state index contributed by atoms with van der Waals surface area (Å²) < 4.78 is 0. The fourth-order valence-corrected chi connectivity index (χ4v) is 5.27. The lowest BCUT2D eigenvalue weighted by Crippen LogP contribution is -2.55. The molecule has 0 radical (unpaired) electrons. The predicted molar refractivity (Wildman–Crippen MR) is 102 cm³/mol. The number of para-hydroxylation sites is 1. The molecule has 2 fully saturated rings. The molecule has 1 aromatic rings. The Morgan fingerprint density at radius 3 is 2.88 bits per heavy atom. The Hall–Kier alpha value is -1.88. The van der Waals surface area contributed by atoms with E-state index in [0.717, 1.165) is 43.5 Å². The number of carbonyl (C=O) groups excluding carboxylic acids is 2. The predicted octanol–water partition coefficient (Wildman–Crippen LogP) is 2.50. The molecule has 2 saturated heterocycles. The molecule has 5 nitrogen and oxygen atoms in total. The number of carbonyl (C=O) groups is 2. The number of fused-ring (bicyclic) bond motifs is 4. The van der Waals surface area contributed by atoms with Crippen molar-refractivity contribution >= 4 is 17.5 Å². The van der Waals surface area contributed by atoms with Crippen LogP contribution in [0.1, 0.15) is 45.1 Å². The minimum absolute atomic E-state index is 0.0403. The van der Waals surface area contributed by atoms with Gasteiger partial charge in [-0.25, -0.2) is 0 Å². The summed E-state index contributed by atoms with van der Waals surface area (Å²) in [6, 6.07) is 8.34. The summed E-state index contributed by atoms with van der Waals surface area (Å²) in [5.41, 5.74) is 1.15. The monoisotopic (exact) mass is 355 g/mol. The third-order valence-electron chi connectivity index (χ3n) is 6.49. The minimum atomic E-state index is -0.811. The van der Waals surface area contributed by atoms with E-state index in [2.05, 4.69) is 24.1 Å². The van der Waals surface area contributed by atoms with Crippen LogP contribution in [0.3, 0.4) is 0 Å². The molecule has 0 bridgehead atoms. The van der Waals surface area contributed by atoms with Crippen LogP contribution in [0.5, 0.6) is 0 Å². The van der Waals surface area contributed by atoms with Gasteiger partial charge in [-0.15, -0.1) is 0 Å². The van der Waals surface area contributed by atoms with Gasteiger partial charge in [0.15, 0.2) is 0 Å². The molecule has 3 atom stereocenters. The summed E-state index contributed by atoms with van der Waals surface area (Å²) in [4.78, 5) is 30.8. The first-order chi connectivity index (χ1) is 12.5. The maximum atomic E-state index is 13.5. The van der Waals surface area contributed by atoms with E-state index in [0.29, 0.717) is 18.5 Å². The molecule has 0 aromatic heterocycles. The fourth-order valence-electron chi connectivity index (χ4n) is 5.27. The average molecular weight is 355 g/mol. The van der Waals surface area contributed by atoms with Gasteiger partial charge in [0.25, 0.3) is 5.91 Å². The molecule has 0 aliphatic carbocycles. The quantitative estimate of drug-likeness (QED) is 0.903. The zero-order valence-corrected chi connectivity index (χ0v) is 16.0. The zero-order chi connectivity index (χ0) is 18.5. The van der Waals surface area contributed by atoms with Crippen molar-refractivity contribution in [2.45, 2.75) is 51.1 Å². The van der Waals surface area contributed by atoms with E-state index in [9.17, 15) is 9.59 Å². The number of hydrogen-bond donors (Lipinski definition) is 1. The molecule has 4 rings (SSSR count). The Balaban J connectivity index is 1.73. The van der Waals surface area contributed by atoms with Gasteiger partial charge in [0.1, 0.15) is 5.54 Å². The number of amides is 2. The van der Waals surface area contributed by atoms with Crippen molar-refractivity contribution in [1.29, 1.82) is 0 Å². The van der Waals surface area contributed by atoms with Crippen molar-refractivity contribution in [1.82, 2.24) is 10.2 Å². The number of hydrogen-bond acceptors (Lipinski definition) is 3. The van der Waals surface area contributed by atoms with Gasteiger partial charge in [-0.3, -0.25) is 14.5 Å². The standard InChI is InChI=1S/C21H29N3O2/c1-14(2)10-11-22-19(25)17-13-15-7-6-12-24(15)21(17)16-8-4-5-9-18(16)23(3)20(21)26/h4-5,8-9,14-15,17H,6-7,10-13H2,1-3H3,(H,22,25). The second-order valence-corrected chi connectivity index (χ2v) is 8.40. The SMILES string of the molecule is CC(C)CCNC(=O)C1CC2CCCN2C12C(=O)N(C)c1ccccc12. The van der Waals surface area contributed by atoms with E-state index >= 15 is 0 Å². The second kappa shape index (κ2) is 6.38. The van der Waals surface area contributed by atoms with E-state index in [4.69, 9.17) is 0 Å². The third kappa shape index (κ3) is 2.33. The van der Waals surface area contributed by atoms with Gasteiger partial charge in [-0.1, -0.05) is 32.0 Å². The number of nitrogens with one attached hydrogen (secondary N) is 1. The van der Waals surface area contributed by atoms with E-state index in [-0.39, 0.29) is 17.7 Å². The van der Waals surface area contributed by atoms with Gasteiger partial charge in [0.05, 0.1) is 5.92 Å². The Morgan fingerprint density at radius 1 is 1.35 bits per heavy atom. The first-order valence-corrected chi connectivity index (χ1v) is 9.90. The average Bonchev–Trinajstić information content (AvgIpc) is 3.25. The van der Waals surface area contributed by atoms with Crippen LogP contribution in [-0.4, -0.2) is 42.9 Å². The Bertz CT molecular complexity index is 732. The summed E-state index contributed by atoms with van der Waals surface area (Å²) in [5, 5.41) is 3.13. The smallest absolute Gasteiger partial charge is 0.252 e. The van der Waals surface area contributed by atoms with Crippen LogP contribution in [0.15, 0.2) is 24.3 Å². The normalized spacial score (nSPS) is 30.3. The maximum absolute atomic E-state index is 13.5. The lowest BCUT2D eigenvalue weighted by molar-refractivity contribution is -0.138. The van der Waals surface area contributed by atoms with Gasteiger partial charge < -0.3 is 10.2 Å². The molecule has 1 spiro atoms. The molecule has 1 aromatic carbocycles. The highest BCUT2D eigenvalue weighted by atomic mass is 16.2. The van der Waals surface area contributed by atoms with E-state index in [1.807, 2.05) is 31.3 Å². The largest absolute Gasteiger partial charge is 0.356 e. The van der Waals surface area contributed by atoms with Gasteiger partial charge in [-0.05, 0) is 44.2 Å². The lowest BCUT2D eigenvalue weighted by Gasteiger charge is -2.37. The van der Waals surface area contributed by atoms with Crippen LogP contribution in [0, 0.1) is 11.8 Å². The first-order valence-electron chi connectivity index (χ1n) is 9.90. The van der Waals surface area contributed by atoms with Crippen molar-refractivity contribution in [2.24, 2.45) is 11.8 Å². The zero-order valence-electron chi connectivity index (χ0n) is 16.0. The number of rotatable bonds is 4. The van der Waals surface area contributed by atoms with Crippen LogP contribution in [0.2, 0.25) is 0 Å². The summed E-state index contributed by atoms with van der Waals surface area (Å²) in [5.74, 6) is 0.347. The molecule has 3 heterocycles. The number of benzene rings is 1. The summed E-state index contributed by atoms with van der Waals surface area (Å²) >= 11 is 0. The van der Waals surface area contributed by atoms with Gasteiger partial charge in [0.2, 0.25) is 5.91 Å². The minimum Gasteiger partial charge on any atom is -0.356 e. The van der Waals surface area contributed by atoms with Gasteiger partial charge in [0, 0.05) is 30.9 Å². The van der Waals surface area contributed by atoms with Crippen molar-refractivity contribution in [2.75, 3.05) is 25.0 Å². The molecule has 5 heteroatoms. The van der Waals surface area contributed by atoms with Crippen molar-refractivity contribution in [3.8, 4) is 0 Å². The molecule has 2 amide bonds. The van der Waals surface area contributed by atoms with Crippen LogP contribution in [0.25, 0.3) is 0 Å². The third-order valence-corrected chi connectivity index (χ3v) is 6.49. The van der Waals surface area contributed by atoms with Crippen LogP contribution >= 0.6 is 0 Å². The second-order valence-electron chi connectivity index (χ2n) is 8.40. The fraction of sp³-hybridized carbons (Fsp3) is 0.619. The molecule has 0 saturated carbocycles. The van der Waals surface area contributed by atoms with Gasteiger partial charge in [-0.2, -0.15) is 0 Å². The highest BCUT2D eigenvalue weighted by molar-refractivity contribution is 6.10. The number of anilines is 1. The van der Waals surface area contributed by atoms with Crippen LogP contribution < -0.4 is 10.2 Å². The molecule has 3 unspecified atom stereocenters. The van der Waals surface area contributed by atoms with E-state index < -0.39 is 5.54 Å². The first kappa shape index (κ1) is 17.5. The molecular weight excluding hydrogens is 326 g/mol. The number of nitrogens with zero attached hydrogens (tertiary/aromatic N) is 2. The molecule has 26 heavy (non-hydrogen) atoms. The lowest BCUT2D eigenvalue weighted by atomic mass is 9.78. The summed E-state index contributed by atoms with van der Waals surface area (Å²) in [7, 11) is 1.84. The Labute approximate surface area is 155 Å². The number of likely N-dealkylation sites (N-methyl/N-ethyl adjacent to an activating group) is 1. The van der Waals surface area contributed by atoms with Crippen LogP contribution in [0.4, 0.5) is 5.69 Å². The maximum Gasteiger partial charge on any atom is 0.252 e. The highest BCUT2D eigenvalue weighted by Crippen LogP contribution is 2.56. The Kier molecular flexibility index (Phi) is 4.30. The summed E-state index contributed by atoms with van der Waals surface area (Å²) in [6.07, 6.45) is 3.93. The van der Waals surface area contributed by atoms with Crippen molar-refractivity contribution in [3.63, 3.8) is 0 Å². The molecule has 3 aliphatic rings. The Morgan fingerprint density at radius 2 is 2.12 bits per heavy atom.